The molecule has 5 rings (SSSR count). The van der Waals surface area contributed by atoms with Gasteiger partial charge in [0.25, 0.3) is 5.56 Å². The summed E-state index contributed by atoms with van der Waals surface area (Å²) in [7, 11) is 0. The number of carbonyl (C=O) groups is 1. The second-order valence-electron chi connectivity index (χ2n) is 7.28. The molecule has 3 aromatic rings. The topological polar surface area (TPSA) is 68.3 Å². The molecule has 27 heavy (non-hydrogen) atoms. The Kier molecular flexibility index (Phi) is 3.98. The molecule has 1 amide bonds. The molecule has 0 radical (unpaired) electrons. The summed E-state index contributed by atoms with van der Waals surface area (Å²) < 4.78 is 8.85. The number of halogens is 2. The largest absolute Gasteiger partial charge is 0.438 e. The van der Waals surface area contributed by atoms with Crippen molar-refractivity contribution in [2.24, 2.45) is 0 Å². The van der Waals surface area contributed by atoms with Crippen molar-refractivity contribution in [1.29, 1.82) is 0 Å². The zero-order valence-corrected chi connectivity index (χ0v) is 17.8. The molecule has 2 aliphatic rings. The maximum Gasteiger partial charge on any atom is 0.281 e. The van der Waals surface area contributed by atoms with Crippen molar-refractivity contribution in [2.45, 2.75) is 43.6 Å². The van der Waals surface area contributed by atoms with E-state index in [1.807, 2.05) is 23.6 Å². The van der Waals surface area contributed by atoms with Gasteiger partial charge in [0.1, 0.15) is 0 Å². The number of pyridine rings is 1. The van der Waals surface area contributed by atoms with Crippen molar-refractivity contribution in [3.8, 4) is 0 Å². The van der Waals surface area contributed by atoms with Crippen molar-refractivity contribution in [3.05, 3.63) is 38.4 Å². The van der Waals surface area contributed by atoms with Gasteiger partial charge in [0.2, 0.25) is 11.8 Å². The first-order valence-corrected chi connectivity index (χ1v) is 10.7. The van der Waals surface area contributed by atoms with Crippen LogP contribution in [0.4, 0.5) is 0 Å². The van der Waals surface area contributed by atoms with Crippen LogP contribution >= 0.6 is 31.9 Å². The van der Waals surface area contributed by atoms with Gasteiger partial charge in [0.05, 0.1) is 16.9 Å². The molecule has 1 unspecified atom stereocenters. The molecule has 1 aliphatic carbocycles. The number of rotatable bonds is 3. The van der Waals surface area contributed by atoms with E-state index in [1.165, 1.54) is 0 Å². The summed E-state index contributed by atoms with van der Waals surface area (Å²) in [5.74, 6) is 0.449. The number of hydrogen-bond acceptors (Lipinski definition) is 4. The molecule has 140 valence electrons. The normalized spacial score (nSPS) is 20.3. The van der Waals surface area contributed by atoms with Crippen LogP contribution in [0.25, 0.3) is 22.0 Å². The molecule has 0 spiro atoms. The number of nitrogens with zero attached hydrogens (tertiary/aromatic N) is 3. The van der Waals surface area contributed by atoms with Gasteiger partial charge in [-0.25, -0.2) is 4.98 Å². The van der Waals surface area contributed by atoms with E-state index in [0.29, 0.717) is 23.5 Å². The average molecular weight is 495 g/mol. The highest BCUT2D eigenvalue weighted by atomic mass is 79.9. The van der Waals surface area contributed by atoms with Crippen molar-refractivity contribution in [1.82, 2.24) is 14.5 Å². The Bertz CT molecular complexity index is 1160. The Hall–Kier alpha value is -1.67. The number of alkyl halides is 1. The van der Waals surface area contributed by atoms with Crippen LogP contribution in [0.1, 0.15) is 36.8 Å². The fraction of sp³-hybridized carbons (Fsp3) is 0.421. The zero-order chi connectivity index (χ0) is 18.9. The molecular weight excluding hydrogens is 478 g/mol. The molecule has 2 fully saturated rings. The first kappa shape index (κ1) is 17.4. The summed E-state index contributed by atoms with van der Waals surface area (Å²) in [6.07, 6.45) is 2.78. The van der Waals surface area contributed by atoms with Crippen LogP contribution in [0.2, 0.25) is 0 Å². The molecule has 2 aromatic heterocycles. The summed E-state index contributed by atoms with van der Waals surface area (Å²) in [5.41, 5.74) is 2.69. The highest BCUT2D eigenvalue weighted by Gasteiger charge is 2.32. The lowest BCUT2D eigenvalue weighted by molar-refractivity contribution is -0.127. The maximum absolute atomic E-state index is 13.2. The third-order valence-corrected chi connectivity index (χ3v) is 7.12. The second-order valence-corrected chi connectivity index (χ2v) is 9.24. The summed E-state index contributed by atoms with van der Waals surface area (Å²) in [6.45, 7) is 2.95. The number of carbonyl (C=O) groups excluding carboxylic acids is 1. The Morgan fingerprint density at radius 1 is 1.26 bits per heavy atom. The van der Waals surface area contributed by atoms with E-state index in [9.17, 15) is 9.59 Å². The smallest absolute Gasteiger partial charge is 0.281 e. The first-order valence-electron chi connectivity index (χ1n) is 9.01. The Morgan fingerprint density at radius 2 is 2.04 bits per heavy atom. The van der Waals surface area contributed by atoms with Gasteiger partial charge >= 0.3 is 0 Å². The quantitative estimate of drug-likeness (QED) is 0.515. The molecule has 0 N–H and O–H groups in total. The SMILES string of the molecule is Cc1c(Br)ccc2c3oc(CN4CCC(Br)C4=O)nc3c(=O)n(C3CC3)c12. The summed E-state index contributed by atoms with van der Waals surface area (Å²) in [6, 6.07) is 4.17. The van der Waals surface area contributed by atoms with Crippen LogP contribution < -0.4 is 5.56 Å². The van der Waals surface area contributed by atoms with E-state index in [1.54, 1.807) is 4.90 Å². The third-order valence-electron chi connectivity index (χ3n) is 5.41. The first-order chi connectivity index (χ1) is 13.0. The molecule has 1 atom stereocenters. The van der Waals surface area contributed by atoms with Gasteiger partial charge in [-0.2, -0.15) is 0 Å². The van der Waals surface area contributed by atoms with E-state index in [0.717, 1.165) is 40.2 Å². The average Bonchev–Trinajstić information content (AvgIpc) is 3.32. The van der Waals surface area contributed by atoms with Gasteiger partial charge in [-0.05, 0) is 43.9 Å². The van der Waals surface area contributed by atoms with Crippen LogP contribution in [-0.4, -0.2) is 31.7 Å². The van der Waals surface area contributed by atoms with Gasteiger partial charge in [-0.3, -0.25) is 9.59 Å². The number of aromatic nitrogens is 2. The minimum Gasteiger partial charge on any atom is -0.438 e. The lowest BCUT2D eigenvalue weighted by atomic mass is 10.1. The predicted molar refractivity (Wildman–Crippen MR) is 109 cm³/mol. The lowest BCUT2D eigenvalue weighted by Crippen LogP contribution is -2.27. The molecule has 0 bridgehead atoms. The van der Waals surface area contributed by atoms with Gasteiger partial charge < -0.3 is 13.9 Å². The highest BCUT2D eigenvalue weighted by molar-refractivity contribution is 9.10. The number of hydrogen-bond donors (Lipinski definition) is 0. The number of benzene rings is 1. The van der Waals surface area contributed by atoms with E-state index < -0.39 is 0 Å². The van der Waals surface area contributed by atoms with E-state index in [-0.39, 0.29) is 28.9 Å². The fourth-order valence-electron chi connectivity index (χ4n) is 3.85. The maximum atomic E-state index is 13.2. The molecule has 6 nitrogen and oxygen atoms in total. The minimum absolute atomic E-state index is 0.0391. The van der Waals surface area contributed by atoms with Crippen LogP contribution in [0.5, 0.6) is 0 Å². The molecule has 1 aliphatic heterocycles. The molecule has 1 saturated carbocycles. The van der Waals surface area contributed by atoms with E-state index in [2.05, 4.69) is 36.8 Å². The minimum atomic E-state index is -0.144. The van der Waals surface area contributed by atoms with Crippen molar-refractivity contribution >= 4 is 59.8 Å². The number of aryl methyl sites for hydroxylation is 1. The molecule has 1 aromatic carbocycles. The predicted octanol–water partition coefficient (Wildman–Crippen LogP) is 4.04. The monoisotopic (exact) mass is 493 g/mol. The summed E-state index contributed by atoms with van der Waals surface area (Å²) in [4.78, 5) is 31.4. The Labute approximate surface area is 171 Å². The summed E-state index contributed by atoms with van der Waals surface area (Å²) >= 11 is 6.96. The van der Waals surface area contributed by atoms with E-state index in [4.69, 9.17) is 4.42 Å². The number of likely N-dealkylation sites (tertiary alicyclic amines) is 1. The molecule has 1 saturated heterocycles. The summed E-state index contributed by atoms with van der Waals surface area (Å²) in [5, 5.41) is 0.891. The number of oxazole rings is 1. The van der Waals surface area contributed by atoms with Gasteiger partial charge in [0.15, 0.2) is 11.1 Å². The van der Waals surface area contributed by atoms with Gasteiger partial charge in [0, 0.05) is 22.4 Å². The Morgan fingerprint density at radius 3 is 2.70 bits per heavy atom. The molecular formula is C19H17Br2N3O3. The standard InChI is InChI=1S/C19H17Br2N3O3/c1-9-12(20)5-4-11-16(9)24(10-2-3-10)19(26)15-17(11)27-14(22-15)8-23-7-6-13(21)18(23)25/h4-5,10,13H,2-3,6-8H2,1H3. The van der Waals surface area contributed by atoms with Gasteiger partial charge in [-0.15, -0.1) is 0 Å². The van der Waals surface area contributed by atoms with Crippen molar-refractivity contribution < 1.29 is 9.21 Å². The third kappa shape index (κ3) is 2.68. The van der Waals surface area contributed by atoms with Crippen LogP contribution in [-0.2, 0) is 11.3 Å². The molecule has 8 heteroatoms. The van der Waals surface area contributed by atoms with Crippen LogP contribution in [0.15, 0.2) is 25.8 Å². The van der Waals surface area contributed by atoms with Crippen molar-refractivity contribution in [2.75, 3.05) is 6.54 Å². The van der Waals surface area contributed by atoms with Crippen LogP contribution in [0, 0.1) is 6.92 Å². The van der Waals surface area contributed by atoms with Gasteiger partial charge in [-0.1, -0.05) is 31.9 Å². The lowest BCUT2D eigenvalue weighted by Gasteiger charge is -2.13. The van der Waals surface area contributed by atoms with Crippen molar-refractivity contribution in [3.63, 3.8) is 0 Å². The fourth-order valence-corrected chi connectivity index (χ4v) is 4.66. The number of fused-ring (bicyclic) bond motifs is 3. The second kappa shape index (κ2) is 6.17. The molecule has 3 heterocycles. The Balaban J connectivity index is 1.72. The highest BCUT2D eigenvalue weighted by Crippen LogP contribution is 2.39. The zero-order valence-electron chi connectivity index (χ0n) is 14.7. The van der Waals surface area contributed by atoms with Crippen LogP contribution in [0.3, 0.4) is 0 Å². The number of amides is 1. The van der Waals surface area contributed by atoms with E-state index >= 15 is 0 Å².